The van der Waals surface area contributed by atoms with Crippen LogP contribution in [0, 0.1) is 11.3 Å². The molecule has 0 spiro atoms. The molecule has 0 aliphatic rings. The van der Waals surface area contributed by atoms with Crippen LogP contribution in [0.15, 0.2) is 79.0 Å². The van der Waals surface area contributed by atoms with Gasteiger partial charge in [0.15, 0.2) is 5.78 Å². The van der Waals surface area contributed by atoms with Crippen molar-refractivity contribution in [2.24, 2.45) is 0 Å². The molecule has 1 amide bonds. The number of halogens is 3. The minimum atomic E-state index is -4.55. The van der Waals surface area contributed by atoms with E-state index in [0.717, 1.165) is 18.1 Å². The number of Topliss-reactive ketones (excluding diaryl/α,β-unsaturated/α-hetero) is 1. The number of hydrogen-bond acceptors (Lipinski definition) is 4. The zero-order valence-corrected chi connectivity index (χ0v) is 20.5. The number of H-pyrrole nitrogens is 1. The van der Waals surface area contributed by atoms with Crippen LogP contribution < -0.4 is 10.6 Å². The van der Waals surface area contributed by atoms with Crippen LogP contribution >= 0.6 is 0 Å². The summed E-state index contributed by atoms with van der Waals surface area (Å²) in [6, 6.07) is 20.4. The normalized spacial score (nSPS) is 13.0. The Kier molecular flexibility index (Phi) is 7.93. The highest BCUT2D eigenvalue weighted by molar-refractivity contribution is 6.11. The number of carbonyl (C=O) groups excluding carboxylic acids is 2. The lowest BCUT2D eigenvalue weighted by atomic mass is 9.96. The van der Waals surface area contributed by atoms with E-state index >= 15 is 0 Å². The first-order valence-corrected chi connectivity index (χ1v) is 12.0. The third-order valence-electron chi connectivity index (χ3n) is 6.29. The molecule has 6 nitrogen and oxygen atoms in total. The molecule has 3 aromatic carbocycles. The molecule has 0 aliphatic carbocycles. The van der Waals surface area contributed by atoms with Crippen LogP contribution in [0.5, 0.6) is 0 Å². The van der Waals surface area contributed by atoms with Crippen molar-refractivity contribution in [1.82, 2.24) is 15.6 Å². The van der Waals surface area contributed by atoms with E-state index in [1.165, 1.54) is 12.1 Å². The molecule has 4 rings (SSSR count). The Labute approximate surface area is 217 Å². The van der Waals surface area contributed by atoms with Crippen molar-refractivity contribution < 1.29 is 22.8 Å². The Morgan fingerprint density at radius 2 is 1.74 bits per heavy atom. The van der Waals surface area contributed by atoms with Gasteiger partial charge in [-0.15, -0.1) is 0 Å². The third kappa shape index (κ3) is 6.10. The Balaban J connectivity index is 1.54. The Morgan fingerprint density at radius 1 is 1.03 bits per heavy atom. The molecule has 1 heterocycles. The Bertz CT molecular complexity index is 1470. The van der Waals surface area contributed by atoms with Gasteiger partial charge in [0.2, 0.25) is 0 Å². The first-order valence-electron chi connectivity index (χ1n) is 12.0. The number of ketones is 1. The third-order valence-corrected chi connectivity index (χ3v) is 6.29. The number of nitrogens with zero attached hydrogens (tertiary/aromatic N) is 1. The minimum absolute atomic E-state index is 0.0506. The van der Waals surface area contributed by atoms with Crippen LogP contribution in [0.25, 0.3) is 10.9 Å². The summed E-state index contributed by atoms with van der Waals surface area (Å²) < 4.78 is 38.5. The van der Waals surface area contributed by atoms with Gasteiger partial charge in [0.1, 0.15) is 6.04 Å². The molecule has 0 saturated heterocycles. The highest BCUT2D eigenvalue weighted by Crippen LogP contribution is 2.26. The highest BCUT2D eigenvalue weighted by Gasteiger charge is 2.37. The lowest BCUT2D eigenvalue weighted by molar-refractivity contribution is -0.149. The molecular formula is C29H25F3N4O2. The summed E-state index contributed by atoms with van der Waals surface area (Å²) in [5.74, 6) is -1.05. The van der Waals surface area contributed by atoms with Gasteiger partial charge in [-0.05, 0) is 48.7 Å². The number of aromatic nitrogens is 1. The number of fused-ring (bicyclic) bond motifs is 1. The zero-order valence-electron chi connectivity index (χ0n) is 20.5. The molecule has 4 aromatic rings. The number of benzene rings is 3. The number of rotatable bonds is 9. The molecular weight excluding hydrogens is 493 g/mol. The van der Waals surface area contributed by atoms with Gasteiger partial charge >= 0.3 is 6.18 Å². The van der Waals surface area contributed by atoms with E-state index in [1.54, 1.807) is 24.4 Å². The van der Waals surface area contributed by atoms with Crippen molar-refractivity contribution in [3.05, 3.63) is 107 Å². The van der Waals surface area contributed by atoms with Gasteiger partial charge in [-0.25, -0.2) is 0 Å². The van der Waals surface area contributed by atoms with Crippen LogP contribution in [-0.2, 0) is 6.42 Å². The maximum atomic E-state index is 13.7. The molecule has 0 aliphatic heterocycles. The van der Waals surface area contributed by atoms with Gasteiger partial charge in [0.25, 0.3) is 5.91 Å². The lowest BCUT2D eigenvalue weighted by Gasteiger charge is -2.18. The minimum Gasteiger partial charge on any atom is -0.360 e. The van der Waals surface area contributed by atoms with Gasteiger partial charge in [-0.3, -0.25) is 9.59 Å². The monoisotopic (exact) mass is 518 g/mol. The van der Waals surface area contributed by atoms with Gasteiger partial charge in [-0.1, -0.05) is 48.5 Å². The number of nitriles is 1. The van der Waals surface area contributed by atoms with Crippen LogP contribution in [0.1, 0.15) is 50.4 Å². The second-order valence-corrected chi connectivity index (χ2v) is 8.92. The Hall–Kier alpha value is -4.42. The lowest BCUT2D eigenvalue weighted by Crippen LogP contribution is -2.43. The standard InChI is InChI=1S/C29H25F3N4O2/c1-18(29(30,31)32)36-28(38)22-11-12-23-24(17-35-25(23)15-22)27(37)26(21-5-3-2-4-6-21)34-14-13-19-7-9-20(16-33)10-8-19/h2-12,15,17-18,26,34-35H,13-14H2,1H3,(H,36,38)/t18-,26-/m1/s1. The second-order valence-electron chi connectivity index (χ2n) is 8.92. The van der Waals surface area contributed by atoms with Crippen molar-refractivity contribution in [3.63, 3.8) is 0 Å². The van der Waals surface area contributed by atoms with E-state index in [1.807, 2.05) is 47.8 Å². The summed E-state index contributed by atoms with van der Waals surface area (Å²) in [6.45, 7) is 1.38. The van der Waals surface area contributed by atoms with Crippen LogP contribution in [-0.4, -0.2) is 35.4 Å². The molecule has 9 heteroatoms. The van der Waals surface area contributed by atoms with Gasteiger partial charge in [0.05, 0.1) is 17.7 Å². The maximum absolute atomic E-state index is 13.7. The number of aromatic amines is 1. The van der Waals surface area contributed by atoms with E-state index in [2.05, 4.69) is 16.4 Å². The maximum Gasteiger partial charge on any atom is 0.408 e. The summed E-state index contributed by atoms with van der Waals surface area (Å²) in [5.41, 5.74) is 3.29. The first-order chi connectivity index (χ1) is 18.2. The topological polar surface area (TPSA) is 97.8 Å². The summed E-state index contributed by atoms with van der Waals surface area (Å²) >= 11 is 0. The zero-order chi connectivity index (χ0) is 27.3. The molecule has 0 unspecified atom stereocenters. The molecule has 3 N–H and O–H groups in total. The van der Waals surface area contributed by atoms with E-state index in [0.29, 0.717) is 35.0 Å². The van der Waals surface area contributed by atoms with Gasteiger partial charge < -0.3 is 15.6 Å². The quantitative estimate of drug-likeness (QED) is 0.256. The summed E-state index contributed by atoms with van der Waals surface area (Å²) in [5, 5.41) is 14.8. The smallest absolute Gasteiger partial charge is 0.360 e. The van der Waals surface area contributed by atoms with Crippen molar-refractivity contribution in [2.45, 2.75) is 31.6 Å². The number of nitrogens with one attached hydrogen (secondary N) is 3. The van der Waals surface area contributed by atoms with E-state index in [4.69, 9.17) is 5.26 Å². The van der Waals surface area contributed by atoms with E-state index in [-0.39, 0.29) is 11.3 Å². The SMILES string of the molecule is C[C@@H](NC(=O)c1ccc2c(C(=O)[C@H](NCCc3ccc(C#N)cc3)c3ccccc3)c[nH]c2c1)C(F)(F)F. The fraction of sp³-hybridized carbons (Fsp3) is 0.207. The number of hydrogen-bond donors (Lipinski definition) is 3. The molecule has 0 bridgehead atoms. The average Bonchev–Trinajstić information content (AvgIpc) is 3.34. The molecule has 1 aromatic heterocycles. The average molecular weight is 519 g/mol. The number of carbonyl (C=O) groups is 2. The van der Waals surface area contributed by atoms with Gasteiger partial charge in [0, 0.05) is 34.8 Å². The van der Waals surface area contributed by atoms with Crippen molar-refractivity contribution in [1.29, 1.82) is 5.26 Å². The predicted molar refractivity (Wildman–Crippen MR) is 138 cm³/mol. The number of amides is 1. The van der Waals surface area contributed by atoms with Crippen LogP contribution in [0.3, 0.4) is 0 Å². The molecule has 0 fully saturated rings. The van der Waals surface area contributed by atoms with Crippen LogP contribution in [0.4, 0.5) is 13.2 Å². The highest BCUT2D eigenvalue weighted by atomic mass is 19.4. The molecule has 0 radical (unpaired) electrons. The van der Waals surface area contributed by atoms with E-state index in [9.17, 15) is 22.8 Å². The van der Waals surface area contributed by atoms with Crippen molar-refractivity contribution in [3.8, 4) is 6.07 Å². The summed E-state index contributed by atoms with van der Waals surface area (Å²) in [7, 11) is 0. The molecule has 38 heavy (non-hydrogen) atoms. The Morgan fingerprint density at radius 3 is 2.39 bits per heavy atom. The second kappa shape index (κ2) is 11.3. The molecule has 194 valence electrons. The largest absolute Gasteiger partial charge is 0.408 e. The van der Waals surface area contributed by atoms with Crippen molar-refractivity contribution >= 4 is 22.6 Å². The summed E-state index contributed by atoms with van der Waals surface area (Å²) in [4.78, 5) is 29.0. The predicted octanol–water partition coefficient (Wildman–Crippen LogP) is 5.48. The fourth-order valence-corrected chi connectivity index (χ4v) is 4.10. The number of alkyl halides is 3. The molecule has 2 atom stereocenters. The van der Waals surface area contributed by atoms with Gasteiger partial charge in [-0.2, -0.15) is 18.4 Å². The van der Waals surface area contributed by atoms with E-state index < -0.39 is 24.2 Å². The molecule has 0 saturated carbocycles. The summed E-state index contributed by atoms with van der Waals surface area (Å²) in [6.07, 6.45) is -2.36. The fourth-order valence-electron chi connectivity index (χ4n) is 4.10. The van der Waals surface area contributed by atoms with Crippen molar-refractivity contribution in [2.75, 3.05) is 6.54 Å². The van der Waals surface area contributed by atoms with Crippen LogP contribution in [0.2, 0.25) is 0 Å². The first kappa shape index (κ1) is 26.6.